The third-order valence-electron chi connectivity index (χ3n) is 1.51. The molecule has 0 atom stereocenters. The molecule has 0 amide bonds. The minimum atomic E-state index is 0. The molecule has 8 heteroatoms. The lowest BCUT2D eigenvalue weighted by atomic mass is 10.3. The van der Waals surface area contributed by atoms with Crippen LogP contribution in [0.2, 0.25) is 0 Å². The predicted molar refractivity (Wildman–Crippen MR) is 77.9 cm³/mol. The molecule has 8 nitrogen and oxygen atoms in total. The summed E-state index contributed by atoms with van der Waals surface area (Å²) in [5.74, 6) is 0.644. The Balaban J connectivity index is -0.0000000377. The van der Waals surface area contributed by atoms with Crippen molar-refractivity contribution in [2.24, 2.45) is 0 Å². The lowest BCUT2D eigenvalue weighted by molar-refractivity contribution is 0.475. The van der Waals surface area contributed by atoms with Crippen molar-refractivity contribution in [3.63, 3.8) is 0 Å². The smallest absolute Gasteiger partial charge is 0.115 e. The van der Waals surface area contributed by atoms with Gasteiger partial charge in [-0.3, -0.25) is 0 Å². The minimum absolute atomic E-state index is 0. The molecule has 0 spiro atoms. The summed E-state index contributed by atoms with van der Waals surface area (Å²) in [6.07, 6.45) is 0. The van der Waals surface area contributed by atoms with Crippen LogP contribution in [0.15, 0.2) is 60.7 Å². The molecule has 0 aliphatic carbocycles. The fourth-order valence-electron chi connectivity index (χ4n) is 0.856. The Labute approximate surface area is 116 Å². The summed E-state index contributed by atoms with van der Waals surface area (Å²) >= 11 is 0. The molecule has 2 rings (SSSR count). The van der Waals surface area contributed by atoms with Gasteiger partial charge in [-0.25, -0.2) is 0 Å². The SMILES string of the molecule is O.O.O.O.O.O.Oc1ccccc1.Oc1ccccc1. The molecule has 2 aromatic carbocycles. The number of hydrogen-bond acceptors (Lipinski definition) is 2. The average molecular weight is 296 g/mol. The number of benzene rings is 2. The van der Waals surface area contributed by atoms with Crippen LogP contribution < -0.4 is 0 Å². The van der Waals surface area contributed by atoms with Crippen LogP contribution in [0.25, 0.3) is 0 Å². The first-order valence-electron chi connectivity index (χ1n) is 4.27. The third-order valence-corrected chi connectivity index (χ3v) is 1.51. The fourth-order valence-corrected chi connectivity index (χ4v) is 0.856. The van der Waals surface area contributed by atoms with Crippen LogP contribution >= 0.6 is 0 Å². The van der Waals surface area contributed by atoms with Gasteiger partial charge in [0.05, 0.1) is 0 Å². The van der Waals surface area contributed by atoms with Gasteiger partial charge in [0.2, 0.25) is 0 Å². The Morgan fingerprint density at radius 3 is 0.700 bits per heavy atom. The monoisotopic (exact) mass is 296 g/mol. The van der Waals surface area contributed by atoms with Crippen molar-refractivity contribution in [2.45, 2.75) is 0 Å². The van der Waals surface area contributed by atoms with E-state index in [1.165, 1.54) is 0 Å². The van der Waals surface area contributed by atoms with Crippen molar-refractivity contribution in [2.75, 3.05) is 0 Å². The van der Waals surface area contributed by atoms with Gasteiger partial charge in [-0.15, -0.1) is 0 Å². The quantitative estimate of drug-likeness (QED) is 0.552. The summed E-state index contributed by atoms with van der Waals surface area (Å²) in [6, 6.07) is 17.4. The van der Waals surface area contributed by atoms with Gasteiger partial charge in [-0.05, 0) is 24.3 Å². The van der Waals surface area contributed by atoms with Crippen LogP contribution in [0.5, 0.6) is 11.5 Å². The molecule has 0 aliphatic heterocycles. The van der Waals surface area contributed by atoms with Crippen LogP contribution in [0.4, 0.5) is 0 Å². The highest BCUT2D eigenvalue weighted by Gasteiger charge is 1.75. The molecule has 2 aromatic rings. The fraction of sp³-hybridized carbons (Fsp3) is 0. The van der Waals surface area contributed by atoms with Crippen LogP contribution in [0.3, 0.4) is 0 Å². The van der Waals surface area contributed by atoms with E-state index in [1.54, 1.807) is 48.5 Å². The summed E-state index contributed by atoms with van der Waals surface area (Å²) in [6.45, 7) is 0. The molecule has 0 heterocycles. The topological polar surface area (TPSA) is 229 Å². The first-order valence-corrected chi connectivity index (χ1v) is 4.27. The lowest BCUT2D eigenvalue weighted by Gasteiger charge is -1.82. The van der Waals surface area contributed by atoms with Crippen molar-refractivity contribution in [3.05, 3.63) is 60.7 Å². The zero-order chi connectivity index (χ0) is 10.2. The zero-order valence-corrected chi connectivity index (χ0v) is 10.7. The molecule has 120 valence electrons. The number of aromatic hydroxyl groups is 2. The third kappa shape index (κ3) is 18.2. The predicted octanol–water partition coefficient (Wildman–Crippen LogP) is -2.16. The van der Waals surface area contributed by atoms with Gasteiger partial charge < -0.3 is 43.1 Å². The average Bonchev–Trinajstić information content (AvgIpc) is 2.21. The van der Waals surface area contributed by atoms with E-state index in [-0.39, 0.29) is 32.9 Å². The van der Waals surface area contributed by atoms with E-state index in [0.717, 1.165) is 0 Å². The first-order chi connectivity index (χ1) is 6.79. The van der Waals surface area contributed by atoms with E-state index in [9.17, 15) is 0 Å². The molecule has 0 bridgehead atoms. The minimum Gasteiger partial charge on any atom is -0.508 e. The van der Waals surface area contributed by atoms with Crippen LogP contribution in [-0.2, 0) is 0 Å². The van der Waals surface area contributed by atoms with Crippen molar-refractivity contribution in [1.82, 2.24) is 0 Å². The summed E-state index contributed by atoms with van der Waals surface area (Å²) in [7, 11) is 0. The van der Waals surface area contributed by atoms with Crippen molar-refractivity contribution in [1.29, 1.82) is 0 Å². The number of rotatable bonds is 0. The molecule has 0 aromatic heterocycles. The Morgan fingerprint density at radius 2 is 0.600 bits per heavy atom. The first kappa shape index (κ1) is 36.1. The maximum atomic E-state index is 8.63. The van der Waals surface area contributed by atoms with E-state index in [4.69, 9.17) is 10.2 Å². The van der Waals surface area contributed by atoms with Gasteiger partial charge in [-0.2, -0.15) is 0 Å². The Hall–Kier alpha value is -2.20. The highest BCUT2D eigenvalue weighted by molar-refractivity contribution is 5.19. The Kier molecular flexibility index (Phi) is 39.7. The summed E-state index contributed by atoms with van der Waals surface area (Å²) < 4.78 is 0. The Morgan fingerprint density at radius 1 is 0.400 bits per heavy atom. The van der Waals surface area contributed by atoms with Gasteiger partial charge >= 0.3 is 0 Å². The van der Waals surface area contributed by atoms with Crippen molar-refractivity contribution < 1.29 is 43.1 Å². The van der Waals surface area contributed by atoms with Crippen LogP contribution in [-0.4, -0.2) is 43.1 Å². The van der Waals surface area contributed by atoms with Gasteiger partial charge in [0, 0.05) is 0 Å². The normalized spacial score (nSPS) is 6.00. The van der Waals surface area contributed by atoms with Gasteiger partial charge in [0.1, 0.15) is 11.5 Å². The van der Waals surface area contributed by atoms with E-state index in [2.05, 4.69) is 0 Å². The van der Waals surface area contributed by atoms with Crippen molar-refractivity contribution >= 4 is 0 Å². The van der Waals surface area contributed by atoms with E-state index < -0.39 is 0 Å². The van der Waals surface area contributed by atoms with E-state index in [0.29, 0.717) is 11.5 Å². The molecule has 0 aliphatic rings. The van der Waals surface area contributed by atoms with Crippen LogP contribution in [0, 0.1) is 0 Å². The van der Waals surface area contributed by atoms with Gasteiger partial charge in [0.25, 0.3) is 0 Å². The summed E-state index contributed by atoms with van der Waals surface area (Å²) in [4.78, 5) is 0. The maximum absolute atomic E-state index is 8.63. The molecule has 20 heavy (non-hydrogen) atoms. The second kappa shape index (κ2) is 22.0. The Bertz CT molecular complexity index is 317. The summed E-state index contributed by atoms with van der Waals surface area (Å²) in [5.41, 5.74) is 0. The highest BCUT2D eigenvalue weighted by atomic mass is 16.3. The molecule has 0 saturated heterocycles. The molecule has 0 saturated carbocycles. The van der Waals surface area contributed by atoms with Gasteiger partial charge in [-0.1, -0.05) is 36.4 Å². The molecule has 0 fully saturated rings. The second-order valence-electron chi connectivity index (χ2n) is 2.67. The molecule has 0 radical (unpaired) electrons. The molecule has 14 N–H and O–H groups in total. The second-order valence-corrected chi connectivity index (χ2v) is 2.67. The lowest BCUT2D eigenvalue weighted by Crippen LogP contribution is -1.56. The number of para-hydroxylation sites is 2. The maximum Gasteiger partial charge on any atom is 0.115 e. The molecular formula is C12H24O8. The van der Waals surface area contributed by atoms with E-state index >= 15 is 0 Å². The van der Waals surface area contributed by atoms with Crippen LogP contribution in [0.1, 0.15) is 0 Å². The van der Waals surface area contributed by atoms with Crippen molar-refractivity contribution in [3.8, 4) is 11.5 Å². The molecular weight excluding hydrogens is 272 g/mol. The summed E-state index contributed by atoms with van der Waals surface area (Å²) in [5, 5.41) is 17.3. The van der Waals surface area contributed by atoms with Gasteiger partial charge in [0.15, 0.2) is 0 Å². The largest absolute Gasteiger partial charge is 0.508 e. The zero-order valence-electron chi connectivity index (χ0n) is 10.7. The number of phenols is 2. The highest BCUT2D eigenvalue weighted by Crippen LogP contribution is 2.03. The standard InChI is InChI=1S/2C6H6O.6H2O/c2*7-6-4-2-1-3-5-6;;;;;;/h2*1-5,7H;6*1H2. The molecule has 0 unspecified atom stereocenters. The number of phenolic OH excluding ortho intramolecular Hbond substituents is 2. The van der Waals surface area contributed by atoms with E-state index in [1.807, 2.05) is 12.1 Å². The number of hydrogen-bond donors (Lipinski definition) is 2.